The number of pyridine rings is 1. The van der Waals surface area contributed by atoms with Crippen molar-refractivity contribution in [2.24, 2.45) is 0 Å². The fourth-order valence-electron chi connectivity index (χ4n) is 3.53. The highest BCUT2D eigenvalue weighted by Gasteiger charge is 2.17. The molecule has 0 saturated carbocycles. The summed E-state index contributed by atoms with van der Waals surface area (Å²) in [5, 5.41) is 8.73. The summed E-state index contributed by atoms with van der Waals surface area (Å²) in [7, 11) is 0. The van der Waals surface area contributed by atoms with Gasteiger partial charge in [-0.05, 0) is 61.6 Å². The number of carboxylic acids is 1. The first-order chi connectivity index (χ1) is 12.6. The average Bonchev–Trinajstić information content (AvgIpc) is 2.67. The van der Waals surface area contributed by atoms with Crippen LogP contribution in [0.25, 0.3) is 0 Å². The van der Waals surface area contributed by atoms with E-state index < -0.39 is 5.97 Å². The first-order valence-electron chi connectivity index (χ1n) is 9.35. The fraction of sp³-hybridized carbons (Fsp3) is 0.429. The van der Waals surface area contributed by atoms with Gasteiger partial charge in [0, 0.05) is 56.4 Å². The molecule has 3 rings (SSSR count). The van der Waals surface area contributed by atoms with Gasteiger partial charge in [-0.25, -0.2) is 0 Å². The first-order valence-corrected chi connectivity index (χ1v) is 9.35. The number of carbonyl (C=O) groups is 1. The maximum atomic E-state index is 10.6. The summed E-state index contributed by atoms with van der Waals surface area (Å²) in [5.41, 5.74) is 5.16. The van der Waals surface area contributed by atoms with Gasteiger partial charge in [0.25, 0.3) is 0 Å². The van der Waals surface area contributed by atoms with E-state index in [0.717, 1.165) is 45.4 Å². The molecule has 5 nitrogen and oxygen atoms in total. The van der Waals surface area contributed by atoms with Crippen molar-refractivity contribution in [1.82, 2.24) is 4.98 Å². The molecule has 1 aliphatic rings. The van der Waals surface area contributed by atoms with Crippen molar-refractivity contribution in [2.45, 2.75) is 32.6 Å². The third-order valence-electron chi connectivity index (χ3n) is 5.09. The number of hydrogen-bond acceptors (Lipinski definition) is 4. The zero-order chi connectivity index (χ0) is 18.4. The van der Waals surface area contributed by atoms with Gasteiger partial charge in [-0.3, -0.25) is 9.78 Å². The van der Waals surface area contributed by atoms with Gasteiger partial charge < -0.3 is 14.9 Å². The Morgan fingerprint density at radius 1 is 1.00 bits per heavy atom. The minimum Gasteiger partial charge on any atom is -0.481 e. The fourth-order valence-corrected chi connectivity index (χ4v) is 3.53. The molecule has 1 N–H and O–H groups in total. The second-order valence-corrected chi connectivity index (χ2v) is 6.89. The van der Waals surface area contributed by atoms with Crippen molar-refractivity contribution in [3.8, 4) is 0 Å². The lowest BCUT2D eigenvalue weighted by Crippen LogP contribution is -2.46. The van der Waals surface area contributed by atoms with Crippen molar-refractivity contribution in [3.63, 3.8) is 0 Å². The summed E-state index contributed by atoms with van der Waals surface area (Å²) in [4.78, 5) is 19.5. The van der Waals surface area contributed by atoms with Crippen molar-refractivity contribution >= 4 is 17.3 Å². The van der Waals surface area contributed by atoms with Gasteiger partial charge in [0.05, 0.1) is 0 Å². The molecule has 0 bridgehead atoms. The Bertz CT molecular complexity index is 725. The Morgan fingerprint density at radius 2 is 1.65 bits per heavy atom. The number of aliphatic carboxylic acids is 1. The van der Waals surface area contributed by atoms with Gasteiger partial charge in [-0.2, -0.15) is 0 Å². The third kappa shape index (κ3) is 4.75. The van der Waals surface area contributed by atoms with E-state index in [9.17, 15) is 4.79 Å². The average molecular weight is 353 g/mol. The Hall–Kier alpha value is -2.56. The van der Waals surface area contributed by atoms with E-state index in [1.165, 1.54) is 22.5 Å². The lowest BCUT2D eigenvalue weighted by atomic mass is 10.0. The first kappa shape index (κ1) is 18.2. The molecule has 1 fully saturated rings. The lowest BCUT2D eigenvalue weighted by molar-refractivity contribution is -0.137. The number of unbranched alkanes of at least 4 members (excludes halogenated alkanes) is 1. The Morgan fingerprint density at radius 3 is 2.27 bits per heavy atom. The van der Waals surface area contributed by atoms with Crippen LogP contribution in [0, 0.1) is 6.92 Å². The predicted octanol–water partition coefficient (Wildman–Crippen LogP) is 3.51. The molecule has 0 spiro atoms. The standard InChI is InChI=1S/C21H27N3O2/c1-17-16-20(7-6-18(17)4-2-3-5-21(25)26)24-14-12-23(13-15-24)19-8-10-22-11-9-19/h6-11,16H,2-5,12-15H2,1H3,(H,25,26). The largest absolute Gasteiger partial charge is 0.481 e. The monoisotopic (exact) mass is 353 g/mol. The van der Waals surface area contributed by atoms with Crippen molar-refractivity contribution < 1.29 is 9.90 Å². The van der Waals surface area contributed by atoms with Gasteiger partial charge in [0.1, 0.15) is 0 Å². The van der Waals surface area contributed by atoms with Crippen molar-refractivity contribution in [2.75, 3.05) is 36.0 Å². The maximum absolute atomic E-state index is 10.6. The smallest absolute Gasteiger partial charge is 0.303 e. The number of rotatable bonds is 7. The number of piperazine rings is 1. The van der Waals surface area contributed by atoms with Crippen LogP contribution >= 0.6 is 0 Å². The normalized spacial score (nSPS) is 14.5. The lowest BCUT2D eigenvalue weighted by Gasteiger charge is -2.37. The predicted molar refractivity (Wildman–Crippen MR) is 105 cm³/mol. The molecule has 0 radical (unpaired) electrons. The van der Waals surface area contributed by atoms with Crippen LogP contribution in [-0.2, 0) is 11.2 Å². The minimum absolute atomic E-state index is 0.263. The highest BCUT2D eigenvalue weighted by Crippen LogP contribution is 2.23. The van der Waals surface area contributed by atoms with E-state index >= 15 is 0 Å². The minimum atomic E-state index is -0.706. The molecular formula is C21H27N3O2. The number of nitrogens with zero attached hydrogens (tertiary/aromatic N) is 3. The van der Waals surface area contributed by atoms with Crippen LogP contribution < -0.4 is 9.80 Å². The number of aromatic nitrogens is 1. The van der Waals surface area contributed by atoms with E-state index in [4.69, 9.17) is 5.11 Å². The van der Waals surface area contributed by atoms with E-state index in [1.54, 1.807) is 0 Å². The molecule has 0 unspecified atom stereocenters. The molecule has 1 aliphatic heterocycles. The summed E-state index contributed by atoms with van der Waals surface area (Å²) < 4.78 is 0. The van der Waals surface area contributed by atoms with Crippen LogP contribution in [0.15, 0.2) is 42.7 Å². The Balaban J connectivity index is 1.54. The molecule has 26 heavy (non-hydrogen) atoms. The van der Waals surface area contributed by atoms with Gasteiger partial charge in [-0.15, -0.1) is 0 Å². The molecule has 5 heteroatoms. The summed E-state index contributed by atoms with van der Waals surface area (Å²) in [6, 6.07) is 10.8. The van der Waals surface area contributed by atoms with Crippen molar-refractivity contribution in [3.05, 3.63) is 53.9 Å². The molecule has 0 aliphatic carbocycles. The van der Waals surface area contributed by atoms with Gasteiger partial charge in [0.2, 0.25) is 0 Å². The summed E-state index contributed by atoms with van der Waals surface area (Å²) in [6.45, 7) is 6.21. The summed E-state index contributed by atoms with van der Waals surface area (Å²) in [6.07, 6.45) is 6.58. The molecule has 2 aromatic rings. The molecule has 0 amide bonds. The number of benzene rings is 1. The second-order valence-electron chi connectivity index (χ2n) is 6.89. The van der Waals surface area contributed by atoms with Crippen LogP contribution in [0.5, 0.6) is 0 Å². The third-order valence-corrected chi connectivity index (χ3v) is 5.09. The topological polar surface area (TPSA) is 56.7 Å². The van der Waals surface area contributed by atoms with Crippen LogP contribution in [0.2, 0.25) is 0 Å². The molecule has 1 aromatic carbocycles. The summed E-state index contributed by atoms with van der Waals surface area (Å²) in [5.74, 6) is -0.706. The van der Waals surface area contributed by atoms with E-state index in [2.05, 4.69) is 52.0 Å². The SMILES string of the molecule is Cc1cc(N2CCN(c3ccncc3)CC2)ccc1CCCCC(=O)O. The second kappa shape index (κ2) is 8.70. The zero-order valence-corrected chi connectivity index (χ0v) is 15.4. The number of aryl methyl sites for hydroxylation is 2. The number of anilines is 2. The number of hydrogen-bond donors (Lipinski definition) is 1. The van der Waals surface area contributed by atoms with E-state index in [0.29, 0.717) is 0 Å². The summed E-state index contributed by atoms with van der Waals surface area (Å²) >= 11 is 0. The molecule has 138 valence electrons. The van der Waals surface area contributed by atoms with Crippen LogP contribution in [-0.4, -0.2) is 42.2 Å². The molecule has 1 saturated heterocycles. The number of carboxylic acid groups (broad SMARTS) is 1. The zero-order valence-electron chi connectivity index (χ0n) is 15.4. The molecule has 0 atom stereocenters. The van der Waals surface area contributed by atoms with Gasteiger partial charge in [0.15, 0.2) is 0 Å². The molecule has 2 heterocycles. The van der Waals surface area contributed by atoms with Crippen LogP contribution in [0.1, 0.15) is 30.4 Å². The van der Waals surface area contributed by atoms with E-state index in [-0.39, 0.29) is 6.42 Å². The quantitative estimate of drug-likeness (QED) is 0.772. The highest BCUT2D eigenvalue weighted by molar-refractivity contribution is 5.66. The Kier molecular flexibility index (Phi) is 6.10. The Labute approximate surface area is 155 Å². The van der Waals surface area contributed by atoms with Crippen molar-refractivity contribution in [1.29, 1.82) is 0 Å². The van der Waals surface area contributed by atoms with Crippen LogP contribution in [0.4, 0.5) is 11.4 Å². The van der Waals surface area contributed by atoms with Gasteiger partial charge in [-0.1, -0.05) is 6.07 Å². The highest BCUT2D eigenvalue weighted by atomic mass is 16.4. The van der Waals surface area contributed by atoms with Crippen LogP contribution in [0.3, 0.4) is 0 Å². The van der Waals surface area contributed by atoms with Gasteiger partial charge >= 0.3 is 5.97 Å². The van der Waals surface area contributed by atoms with E-state index in [1.807, 2.05) is 12.4 Å². The molecule has 1 aromatic heterocycles. The maximum Gasteiger partial charge on any atom is 0.303 e. The molecular weight excluding hydrogens is 326 g/mol.